The molecule has 1 aromatic heterocycles. The fourth-order valence-corrected chi connectivity index (χ4v) is 1.32. The second-order valence-corrected chi connectivity index (χ2v) is 3.61. The summed E-state index contributed by atoms with van der Waals surface area (Å²) in [5, 5.41) is 12.4. The summed E-state index contributed by atoms with van der Waals surface area (Å²) in [4.78, 5) is 4.20. The standard InChI is InChI=1S/C10H14N2O/c13-8-10(4-5-10)12-7-9-3-1-2-6-11-9/h1-3,6,12-13H,4-5,7-8H2. The van der Waals surface area contributed by atoms with E-state index in [9.17, 15) is 0 Å². The Hall–Kier alpha value is -0.930. The third kappa shape index (κ3) is 2.05. The molecule has 0 bridgehead atoms. The van der Waals surface area contributed by atoms with Gasteiger partial charge in [0.1, 0.15) is 0 Å². The molecule has 1 aliphatic rings. The first kappa shape index (κ1) is 8.66. The Morgan fingerprint density at radius 1 is 1.46 bits per heavy atom. The summed E-state index contributed by atoms with van der Waals surface area (Å²) in [5.74, 6) is 0. The van der Waals surface area contributed by atoms with E-state index in [1.807, 2.05) is 18.2 Å². The number of hydrogen-bond donors (Lipinski definition) is 2. The van der Waals surface area contributed by atoms with Gasteiger partial charge in [-0.05, 0) is 25.0 Å². The molecule has 1 aromatic rings. The summed E-state index contributed by atoms with van der Waals surface area (Å²) >= 11 is 0. The lowest BCUT2D eigenvalue weighted by Gasteiger charge is -2.13. The van der Waals surface area contributed by atoms with Gasteiger partial charge in [-0.2, -0.15) is 0 Å². The summed E-state index contributed by atoms with van der Waals surface area (Å²) < 4.78 is 0. The molecule has 0 spiro atoms. The van der Waals surface area contributed by atoms with E-state index in [1.165, 1.54) is 0 Å². The number of hydrogen-bond acceptors (Lipinski definition) is 3. The van der Waals surface area contributed by atoms with Crippen molar-refractivity contribution in [3.63, 3.8) is 0 Å². The van der Waals surface area contributed by atoms with E-state index in [1.54, 1.807) is 6.20 Å². The predicted molar refractivity (Wildman–Crippen MR) is 50.1 cm³/mol. The van der Waals surface area contributed by atoms with E-state index in [-0.39, 0.29) is 12.1 Å². The fraction of sp³-hybridized carbons (Fsp3) is 0.500. The summed E-state index contributed by atoms with van der Waals surface area (Å²) in [6.45, 7) is 0.987. The molecule has 1 aliphatic carbocycles. The molecule has 1 saturated carbocycles. The molecule has 0 amide bonds. The highest BCUT2D eigenvalue weighted by Gasteiger charge is 2.41. The smallest absolute Gasteiger partial charge is 0.0613 e. The van der Waals surface area contributed by atoms with Crippen LogP contribution in [-0.2, 0) is 6.54 Å². The van der Waals surface area contributed by atoms with Crippen molar-refractivity contribution in [1.29, 1.82) is 0 Å². The van der Waals surface area contributed by atoms with Crippen molar-refractivity contribution >= 4 is 0 Å². The van der Waals surface area contributed by atoms with Crippen molar-refractivity contribution in [3.8, 4) is 0 Å². The van der Waals surface area contributed by atoms with E-state index in [2.05, 4.69) is 10.3 Å². The van der Waals surface area contributed by atoms with Gasteiger partial charge in [0.15, 0.2) is 0 Å². The fourth-order valence-electron chi connectivity index (χ4n) is 1.32. The monoisotopic (exact) mass is 178 g/mol. The van der Waals surface area contributed by atoms with Crippen molar-refractivity contribution in [1.82, 2.24) is 10.3 Å². The Morgan fingerprint density at radius 2 is 2.31 bits per heavy atom. The summed E-state index contributed by atoms with van der Waals surface area (Å²) in [7, 11) is 0. The van der Waals surface area contributed by atoms with Crippen LogP contribution >= 0.6 is 0 Å². The number of rotatable bonds is 4. The van der Waals surface area contributed by atoms with E-state index < -0.39 is 0 Å². The molecule has 0 aliphatic heterocycles. The number of nitrogens with zero attached hydrogens (tertiary/aromatic N) is 1. The van der Waals surface area contributed by atoms with Crippen molar-refractivity contribution < 1.29 is 5.11 Å². The Kier molecular flexibility index (Phi) is 2.29. The third-order valence-electron chi connectivity index (χ3n) is 2.53. The number of aliphatic hydroxyl groups is 1. The SMILES string of the molecule is OCC1(NCc2ccccn2)CC1. The maximum absolute atomic E-state index is 9.05. The molecule has 2 rings (SSSR count). The Balaban J connectivity index is 1.86. The van der Waals surface area contributed by atoms with Gasteiger partial charge in [0.05, 0.1) is 12.3 Å². The topological polar surface area (TPSA) is 45.1 Å². The van der Waals surface area contributed by atoms with Gasteiger partial charge < -0.3 is 10.4 Å². The van der Waals surface area contributed by atoms with Crippen LogP contribution in [-0.4, -0.2) is 22.2 Å². The van der Waals surface area contributed by atoms with Crippen LogP contribution in [0.15, 0.2) is 24.4 Å². The van der Waals surface area contributed by atoms with Crippen LogP contribution < -0.4 is 5.32 Å². The van der Waals surface area contributed by atoms with Gasteiger partial charge in [0, 0.05) is 18.3 Å². The number of aliphatic hydroxyl groups excluding tert-OH is 1. The van der Waals surface area contributed by atoms with Crippen molar-refractivity contribution in [2.24, 2.45) is 0 Å². The summed E-state index contributed by atoms with van der Waals surface area (Å²) in [5.41, 5.74) is 1.04. The van der Waals surface area contributed by atoms with Crippen LogP contribution in [0.4, 0.5) is 0 Å². The van der Waals surface area contributed by atoms with E-state index in [0.717, 1.165) is 25.1 Å². The minimum atomic E-state index is 0.0114. The first-order valence-electron chi connectivity index (χ1n) is 4.60. The number of nitrogens with one attached hydrogen (secondary N) is 1. The molecule has 1 heterocycles. The molecule has 0 radical (unpaired) electrons. The molecule has 13 heavy (non-hydrogen) atoms. The molecule has 0 unspecified atom stereocenters. The van der Waals surface area contributed by atoms with Crippen LogP contribution in [0.5, 0.6) is 0 Å². The molecule has 0 atom stereocenters. The molecule has 3 heteroatoms. The lowest BCUT2D eigenvalue weighted by molar-refractivity contribution is 0.229. The van der Waals surface area contributed by atoms with Gasteiger partial charge in [-0.15, -0.1) is 0 Å². The molecule has 1 fully saturated rings. The highest BCUT2D eigenvalue weighted by atomic mass is 16.3. The zero-order valence-electron chi connectivity index (χ0n) is 7.53. The van der Waals surface area contributed by atoms with Crippen molar-refractivity contribution in [2.45, 2.75) is 24.9 Å². The molecule has 0 saturated heterocycles. The molecule has 70 valence electrons. The maximum Gasteiger partial charge on any atom is 0.0613 e. The number of pyridine rings is 1. The van der Waals surface area contributed by atoms with Gasteiger partial charge in [-0.1, -0.05) is 6.07 Å². The second-order valence-electron chi connectivity index (χ2n) is 3.61. The Bertz CT molecular complexity index is 270. The minimum absolute atomic E-state index is 0.0114. The first-order valence-corrected chi connectivity index (χ1v) is 4.60. The molecular weight excluding hydrogens is 164 g/mol. The van der Waals surface area contributed by atoms with Gasteiger partial charge in [-0.25, -0.2) is 0 Å². The minimum Gasteiger partial charge on any atom is -0.394 e. The van der Waals surface area contributed by atoms with Crippen LogP contribution in [0.2, 0.25) is 0 Å². The summed E-state index contributed by atoms with van der Waals surface area (Å²) in [6.07, 6.45) is 3.95. The Morgan fingerprint density at radius 3 is 2.85 bits per heavy atom. The molecule has 3 nitrogen and oxygen atoms in total. The lowest BCUT2D eigenvalue weighted by Crippen LogP contribution is -2.34. The largest absolute Gasteiger partial charge is 0.394 e. The number of aromatic nitrogens is 1. The van der Waals surface area contributed by atoms with Crippen LogP contribution in [0.1, 0.15) is 18.5 Å². The van der Waals surface area contributed by atoms with Crippen LogP contribution in [0.3, 0.4) is 0 Å². The molecule has 2 N–H and O–H groups in total. The predicted octanol–water partition coefficient (Wildman–Crippen LogP) is 0.696. The lowest BCUT2D eigenvalue weighted by atomic mass is 10.2. The van der Waals surface area contributed by atoms with Gasteiger partial charge >= 0.3 is 0 Å². The average Bonchev–Trinajstić information content (AvgIpc) is 2.97. The normalized spacial score (nSPS) is 18.5. The van der Waals surface area contributed by atoms with E-state index in [4.69, 9.17) is 5.11 Å². The average molecular weight is 178 g/mol. The summed E-state index contributed by atoms with van der Waals surface area (Å²) in [6, 6.07) is 5.87. The van der Waals surface area contributed by atoms with Crippen molar-refractivity contribution in [3.05, 3.63) is 30.1 Å². The van der Waals surface area contributed by atoms with Crippen molar-refractivity contribution in [2.75, 3.05) is 6.61 Å². The highest BCUT2D eigenvalue weighted by molar-refractivity contribution is 5.07. The highest BCUT2D eigenvalue weighted by Crippen LogP contribution is 2.34. The molecular formula is C10H14N2O. The van der Waals surface area contributed by atoms with E-state index >= 15 is 0 Å². The van der Waals surface area contributed by atoms with Gasteiger partial charge in [0.25, 0.3) is 0 Å². The van der Waals surface area contributed by atoms with Crippen LogP contribution in [0, 0.1) is 0 Å². The second kappa shape index (κ2) is 3.44. The third-order valence-corrected chi connectivity index (χ3v) is 2.53. The Labute approximate surface area is 77.8 Å². The molecule has 0 aromatic carbocycles. The quantitative estimate of drug-likeness (QED) is 0.713. The van der Waals surface area contributed by atoms with Crippen LogP contribution in [0.25, 0.3) is 0 Å². The zero-order valence-corrected chi connectivity index (χ0v) is 7.53. The zero-order chi connectivity index (χ0) is 9.15. The van der Waals surface area contributed by atoms with E-state index in [0.29, 0.717) is 0 Å². The van der Waals surface area contributed by atoms with Gasteiger partial charge in [-0.3, -0.25) is 4.98 Å². The maximum atomic E-state index is 9.05. The first-order chi connectivity index (χ1) is 6.35. The van der Waals surface area contributed by atoms with Gasteiger partial charge in [0.2, 0.25) is 0 Å².